The standard InChI is InChI=1S/C14H17F2NO3/c1-3-10(2)17(9-12(18)19)13(20)14(15,16)11-7-5-4-6-8-11/h4-8,10H,3,9H2,1-2H3,(H,18,19). The number of hydrogen-bond donors (Lipinski definition) is 1. The summed E-state index contributed by atoms with van der Waals surface area (Å²) in [5.74, 6) is -6.54. The number of alkyl halides is 2. The van der Waals surface area contributed by atoms with Crippen LogP contribution in [0.4, 0.5) is 8.78 Å². The number of carbonyl (C=O) groups excluding carboxylic acids is 1. The van der Waals surface area contributed by atoms with Gasteiger partial charge in [-0.25, -0.2) is 0 Å². The number of amides is 1. The van der Waals surface area contributed by atoms with Crippen molar-refractivity contribution in [1.82, 2.24) is 4.90 Å². The zero-order valence-corrected chi connectivity index (χ0v) is 11.3. The summed E-state index contributed by atoms with van der Waals surface area (Å²) in [6, 6.07) is 6.09. The van der Waals surface area contributed by atoms with E-state index in [1.165, 1.54) is 12.1 Å². The molecule has 110 valence electrons. The second-order valence-electron chi connectivity index (χ2n) is 4.52. The van der Waals surface area contributed by atoms with E-state index in [9.17, 15) is 18.4 Å². The largest absolute Gasteiger partial charge is 0.480 e. The second kappa shape index (κ2) is 6.45. The van der Waals surface area contributed by atoms with Gasteiger partial charge in [-0.05, 0) is 13.3 Å². The summed E-state index contributed by atoms with van der Waals surface area (Å²) in [4.78, 5) is 23.5. The van der Waals surface area contributed by atoms with Crippen molar-refractivity contribution in [3.8, 4) is 0 Å². The van der Waals surface area contributed by atoms with Crippen molar-refractivity contribution in [2.45, 2.75) is 32.2 Å². The Morgan fingerprint density at radius 1 is 1.30 bits per heavy atom. The van der Waals surface area contributed by atoms with E-state index in [0.717, 1.165) is 12.1 Å². The van der Waals surface area contributed by atoms with Crippen molar-refractivity contribution in [3.05, 3.63) is 35.9 Å². The average molecular weight is 285 g/mol. The number of rotatable bonds is 6. The zero-order chi connectivity index (χ0) is 15.3. The summed E-state index contributed by atoms with van der Waals surface area (Å²) in [5, 5.41) is 8.77. The Morgan fingerprint density at radius 3 is 2.30 bits per heavy atom. The minimum atomic E-state index is -3.74. The Hall–Kier alpha value is -1.98. The highest BCUT2D eigenvalue weighted by Crippen LogP contribution is 2.31. The highest BCUT2D eigenvalue weighted by atomic mass is 19.3. The minimum absolute atomic E-state index is 0.393. The molecule has 0 heterocycles. The van der Waals surface area contributed by atoms with Crippen LogP contribution in [-0.2, 0) is 15.5 Å². The summed E-state index contributed by atoms with van der Waals surface area (Å²) in [6.07, 6.45) is 0.393. The van der Waals surface area contributed by atoms with Gasteiger partial charge in [-0.3, -0.25) is 9.59 Å². The molecule has 1 amide bonds. The third kappa shape index (κ3) is 3.53. The summed E-state index contributed by atoms with van der Waals surface area (Å²) < 4.78 is 28.3. The molecule has 20 heavy (non-hydrogen) atoms. The summed E-state index contributed by atoms with van der Waals surface area (Å²) in [5.41, 5.74) is -0.441. The van der Waals surface area contributed by atoms with E-state index in [1.807, 2.05) is 0 Å². The predicted molar refractivity (Wildman–Crippen MR) is 69.4 cm³/mol. The maximum atomic E-state index is 14.2. The molecule has 0 spiro atoms. The fourth-order valence-electron chi connectivity index (χ4n) is 1.75. The summed E-state index contributed by atoms with van der Waals surface area (Å²) in [6.45, 7) is 2.51. The van der Waals surface area contributed by atoms with Crippen molar-refractivity contribution in [3.63, 3.8) is 0 Å². The van der Waals surface area contributed by atoms with E-state index in [4.69, 9.17) is 5.11 Å². The molecule has 1 aromatic carbocycles. The van der Waals surface area contributed by atoms with Crippen LogP contribution in [0.1, 0.15) is 25.8 Å². The van der Waals surface area contributed by atoms with Crippen molar-refractivity contribution in [1.29, 1.82) is 0 Å². The molecular weight excluding hydrogens is 268 g/mol. The van der Waals surface area contributed by atoms with Crippen LogP contribution in [0.3, 0.4) is 0 Å². The van der Waals surface area contributed by atoms with Crippen LogP contribution in [0.25, 0.3) is 0 Å². The molecule has 1 unspecified atom stereocenters. The first kappa shape index (κ1) is 16.1. The first-order valence-corrected chi connectivity index (χ1v) is 6.26. The van der Waals surface area contributed by atoms with Gasteiger partial charge in [0.05, 0.1) is 0 Å². The van der Waals surface area contributed by atoms with Crippen molar-refractivity contribution in [2.24, 2.45) is 0 Å². The van der Waals surface area contributed by atoms with Crippen molar-refractivity contribution >= 4 is 11.9 Å². The number of benzene rings is 1. The number of carbonyl (C=O) groups is 2. The lowest BCUT2D eigenvalue weighted by atomic mass is 10.1. The first-order valence-electron chi connectivity index (χ1n) is 6.26. The molecule has 0 aliphatic heterocycles. The van der Waals surface area contributed by atoms with Crippen LogP contribution in [-0.4, -0.2) is 34.5 Å². The average Bonchev–Trinajstić information content (AvgIpc) is 2.43. The molecule has 0 aliphatic carbocycles. The molecule has 6 heteroatoms. The van der Waals surface area contributed by atoms with Gasteiger partial charge in [-0.2, -0.15) is 8.78 Å². The molecule has 0 saturated heterocycles. The summed E-state index contributed by atoms with van der Waals surface area (Å²) >= 11 is 0. The van der Waals surface area contributed by atoms with Gasteiger partial charge in [0.2, 0.25) is 0 Å². The number of aliphatic carboxylic acids is 1. The van der Waals surface area contributed by atoms with Gasteiger partial charge in [0.25, 0.3) is 5.91 Å². The highest BCUT2D eigenvalue weighted by Gasteiger charge is 2.45. The van der Waals surface area contributed by atoms with Crippen LogP contribution in [0, 0.1) is 0 Å². The van der Waals surface area contributed by atoms with E-state index >= 15 is 0 Å². The minimum Gasteiger partial charge on any atom is -0.480 e. The maximum Gasteiger partial charge on any atom is 0.349 e. The molecule has 1 N–H and O–H groups in total. The van der Waals surface area contributed by atoms with E-state index in [0.29, 0.717) is 11.3 Å². The van der Waals surface area contributed by atoms with Gasteiger partial charge < -0.3 is 10.0 Å². The van der Waals surface area contributed by atoms with Gasteiger partial charge in [-0.15, -0.1) is 0 Å². The third-order valence-corrected chi connectivity index (χ3v) is 3.09. The monoisotopic (exact) mass is 285 g/mol. The van der Waals surface area contributed by atoms with E-state index in [1.54, 1.807) is 19.9 Å². The molecule has 0 fully saturated rings. The molecule has 4 nitrogen and oxygen atoms in total. The van der Waals surface area contributed by atoms with Crippen LogP contribution >= 0.6 is 0 Å². The van der Waals surface area contributed by atoms with E-state index in [2.05, 4.69) is 0 Å². The molecule has 0 saturated carbocycles. The molecule has 0 bridgehead atoms. The lowest BCUT2D eigenvalue weighted by Gasteiger charge is -2.30. The highest BCUT2D eigenvalue weighted by molar-refractivity contribution is 5.87. The van der Waals surface area contributed by atoms with Crippen LogP contribution in [0.2, 0.25) is 0 Å². The topological polar surface area (TPSA) is 57.6 Å². The van der Waals surface area contributed by atoms with Crippen LogP contribution < -0.4 is 0 Å². The number of carboxylic acids is 1. The summed E-state index contributed by atoms with van der Waals surface area (Å²) in [7, 11) is 0. The normalized spacial score (nSPS) is 12.8. The molecular formula is C14H17F2NO3. The number of halogens is 2. The van der Waals surface area contributed by atoms with E-state index < -0.39 is 35.9 Å². The Kier molecular flexibility index (Phi) is 5.19. The Bertz CT molecular complexity index is 477. The maximum absolute atomic E-state index is 14.2. The number of carboxylic acid groups (broad SMARTS) is 1. The quantitative estimate of drug-likeness (QED) is 0.873. The number of nitrogens with zero attached hydrogens (tertiary/aromatic N) is 1. The van der Waals surface area contributed by atoms with E-state index in [-0.39, 0.29) is 0 Å². The molecule has 1 aromatic rings. The van der Waals surface area contributed by atoms with Crippen molar-refractivity contribution < 1.29 is 23.5 Å². The molecule has 1 atom stereocenters. The van der Waals surface area contributed by atoms with Crippen molar-refractivity contribution in [2.75, 3.05) is 6.54 Å². The third-order valence-electron chi connectivity index (χ3n) is 3.09. The van der Waals surface area contributed by atoms with Crippen LogP contribution in [0.15, 0.2) is 30.3 Å². The molecule has 1 rings (SSSR count). The molecule has 0 aliphatic rings. The SMILES string of the molecule is CCC(C)N(CC(=O)O)C(=O)C(F)(F)c1ccccc1. The molecule has 0 radical (unpaired) electrons. The van der Waals surface area contributed by atoms with Gasteiger partial charge in [0, 0.05) is 11.6 Å². The lowest BCUT2D eigenvalue weighted by Crippen LogP contribution is -2.48. The lowest BCUT2D eigenvalue weighted by molar-refractivity contribution is -0.165. The first-order chi connectivity index (χ1) is 9.30. The second-order valence-corrected chi connectivity index (χ2v) is 4.52. The Morgan fingerprint density at radius 2 is 1.85 bits per heavy atom. The zero-order valence-electron chi connectivity index (χ0n) is 11.3. The van der Waals surface area contributed by atoms with Gasteiger partial charge in [0.15, 0.2) is 0 Å². The Balaban J connectivity index is 3.07. The smallest absolute Gasteiger partial charge is 0.349 e. The van der Waals surface area contributed by atoms with Gasteiger partial charge in [-0.1, -0.05) is 37.3 Å². The number of hydrogen-bond acceptors (Lipinski definition) is 2. The van der Waals surface area contributed by atoms with Gasteiger partial charge >= 0.3 is 11.9 Å². The molecule has 0 aromatic heterocycles. The fraction of sp³-hybridized carbons (Fsp3) is 0.429. The van der Waals surface area contributed by atoms with Crippen LogP contribution in [0.5, 0.6) is 0 Å². The Labute approximate surface area is 116 Å². The fourth-order valence-corrected chi connectivity index (χ4v) is 1.75. The van der Waals surface area contributed by atoms with Gasteiger partial charge in [0.1, 0.15) is 6.54 Å². The predicted octanol–water partition coefficient (Wildman–Crippen LogP) is 2.49.